The van der Waals surface area contributed by atoms with Crippen LogP contribution in [0.25, 0.3) is 0 Å². The number of benzene rings is 1. The molecule has 1 fully saturated rings. The molecule has 1 N–H and O–H groups in total. The third kappa shape index (κ3) is 4.82. The molecule has 1 aliphatic rings. The average molecular weight is 388 g/mol. The van der Waals surface area contributed by atoms with Crippen molar-refractivity contribution in [2.75, 3.05) is 24.2 Å². The third-order valence-corrected chi connectivity index (χ3v) is 6.03. The summed E-state index contributed by atoms with van der Waals surface area (Å²) in [6, 6.07) is 6.47. The van der Waals surface area contributed by atoms with Crippen LogP contribution in [0.15, 0.2) is 47.8 Å². The molecule has 1 saturated heterocycles. The minimum absolute atomic E-state index is 0.0318. The topological polar surface area (TPSA) is 92.3 Å². The van der Waals surface area contributed by atoms with Crippen LogP contribution in [0.2, 0.25) is 0 Å². The van der Waals surface area contributed by atoms with Crippen molar-refractivity contribution < 1.29 is 13.2 Å². The van der Waals surface area contributed by atoms with Gasteiger partial charge in [0.25, 0.3) is 0 Å². The molecule has 1 aromatic heterocycles. The number of hydrogen-bond acceptors (Lipinski definition) is 6. The Morgan fingerprint density at radius 3 is 2.41 bits per heavy atom. The van der Waals surface area contributed by atoms with Crippen LogP contribution in [-0.2, 0) is 14.6 Å². The maximum atomic E-state index is 12.6. The van der Waals surface area contributed by atoms with Crippen molar-refractivity contribution in [3.05, 3.63) is 48.4 Å². The zero-order valence-corrected chi connectivity index (χ0v) is 16.3. The van der Waals surface area contributed by atoms with E-state index in [9.17, 15) is 13.2 Å². The van der Waals surface area contributed by atoms with Gasteiger partial charge in [-0.05, 0) is 37.5 Å². The van der Waals surface area contributed by atoms with Crippen molar-refractivity contribution in [1.29, 1.82) is 0 Å². The van der Waals surface area contributed by atoms with Gasteiger partial charge in [0.2, 0.25) is 5.91 Å². The molecule has 0 radical (unpaired) electrons. The molecule has 3 rings (SSSR count). The lowest BCUT2D eigenvalue weighted by molar-refractivity contribution is -0.126. The fourth-order valence-corrected chi connectivity index (χ4v) is 3.87. The lowest BCUT2D eigenvalue weighted by Gasteiger charge is -2.32. The predicted molar refractivity (Wildman–Crippen MR) is 103 cm³/mol. The number of nitrogens with zero attached hydrogens (tertiary/aromatic N) is 3. The van der Waals surface area contributed by atoms with Crippen LogP contribution in [0.1, 0.15) is 31.4 Å². The van der Waals surface area contributed by atoms with Gasteiger partial charge in [-0.2, -0.15) is 0 Å². The molecule has 1 aromatic carbocycles. The van der Waals surface area contributed by atoms with Crippen molar-refractivity contribution >= 4 is 21.6 Å². The van der Waals surface area contributed by atoms with Gasteiger partial charge in [0.1, 0.15) is 5.82 Å². The number of nitrogens with one attached hydrogen (secondary N) is 1. The molecule has 1 aliphatic heterocycles. The highest BCUT2D eigenvalue weighted by atomic mass is 32.2. The summed E-state index contributed by atoms with van der Waals surface area (Å²) in [4.78, 5) is 23.4. The molecular weight excluding hydrogens is 364 g/mol. The minimum atomic E-state index is -3.22. The van der Waals surface area contributed by atoms with Crippen molar-refractivity contribution in [3.8, 4) is 0 Å². The molecule has 144 valence electrons. The molecule has 2 heterocycles. The summed E-state index contributed by atoms with van der Waals surface area (Å²) in [5.41, 5.74) is 0.882. The number of anilines is 1. The molecule has 1 atom stereocenters. The van der Waals surface area contributed by atoms with E-state index in [4.69, 9.17) is 0 Å². The van der Waals surface area contributed by atoms with Crippen LogP contribution in [0.5, 0.6) is 0 Å². The van der Waals surface area contributed by atoms with Crippen LogP contribution >= 0.6 is 0 Å². The largest absolute Gasteiger partial charge is 0.355 e. The molecule has 0 aliphatic carbocycles. The van der Waals surface area contributed by atoms with Crippen molar-refractivity contribution in [2.24, 2.45) is 5.92 Å². The maximum absolute atomic E-state index is 12.6. The Balaban J connectivity index is 1.55. The first-order chi connectivity index (χ1) is 12.8. The van der Waals surface area contributed by atoms with Crippen molar-refractivity contribution in [1.82, 2.24) is 15.3 Å². The summed E-state index contributed by atoms with van der Waals surface area (Å²) in [5.74, 6) is 0.847. The average Bonchev–Trinajstić information content (AvgIpc) is 2.68. The summed E-state index contributed by atoms with van der Waals surface area (Å²) >= 11 is 0. The number of amides is 1. The molecular formula is C19H24N4O3S. The monoisotopic (exact) mass is 388 g/mol. The van der Waals surface area contributed by atoms with Crippen molar-refractivity contribution in [2.45, 2.75) is 30.7 Å². The summed E-state index contributed by atoms with van der Waals surface area (Å²) in [7, 11) is -3.22. The van der Waals surface area contributed by atoms with Crippen LogP contribution in [0.3, 0.4) is 0 Å². The lowest BCUT2D eigenvalue weighted by atomic mass is 9.95. The van der Waals surface area contributed by atoms with Gasteiger partial charge >= 0.3 is 0 Å². The Morgan fingerprint density at radius 2 is 1.85 bits per heavy atom. The van der Waals surface area contributed by atoms with Gasteiger partial charge in [-0.25, -0.2) is 13.4 Å². The van der Waals surface area contributed by atoms with E-state index in [0.29, 0.717) is 0 Å². The molecule has 7 nitrogen and oxygen atoms in total. The first-order valence-corrected chi connectivity index (χ1v) is 10.8. The molecule has 1 unspecified atom stereocenters. The molecule has 0 spiro atoms. The highest BCUT2D eigenvalue weighted by Gasteiger charge is 2.26. The number of carbonyl (C=O) groups is 1. The summed E-state index contributed by atoms with van der Waals surface area (Å²) in [6.45, 7) is 3.45. The van der Waals surface area contributed by atoms with Gasteiger partial charge in [-0.3, -0.25) is 9.78 Å². The van der Waals surface area contributed by atoms with Crippen molar-refractivity contribution in [3.63, 3.8) is 0 Å². The van der Waals surface area contributed by atoms with Crippen LogP contribution < -0.4 is 10.2 Å². The quantitative estimate of drug-likeness (QED) is 0.842. The Kier molecular flexibility index (Phi) is 5.74. The fourth-order valence-electron chi connectivity index (χ4n) is 3.24. The van der Waals surface area contributed by atoms with Gasteiger partial charge in [-0.15, -0.1) is 0 Å². The normalized spacial score (nSPS) is 16.7. The zero-order valence-electron chi connectivity index (χ0n) is 15.5. The number of rotatable bonds is 5. The third-order valence-electron chi connectivity index (χ3n) is 4.91. The van der Waals surface area contributed by atoms with Crippen LogP contribution in [-0.4, -0.2) is 43.6 Å². The SMILES string of the molecule is CC(NC(=O)C1CCN(c2cnccn2)CC1)c1ccc(S(C)(=O)=O)cc1. The van der Waals surface area contributed by atoms with E-state index in [-0.39, 0.29) is 22.8 Å². The van der Waals surface area contributed by atoms with Gasteiger partial charge in [0.15, 0.2) is 9.84 Å². The Labute approximate surface area is 159 Å². The molecule has 27 heavy (non-hydrogen) atoms. The highest BCUT2D eigenvalue weighted by molar-refractivity contribution is 7.90. The number of carbonyl (C=O) groups excluding carboxylic acids is 1. The summed E-state index contributed by atoms with van der Waals surface area (Å²) < 4.78 is 23.1. The van der Waals surface area contributed by atoms with E-state index < -0.39 is 9.84 Å². The Hall–Kier alpha value is -2.48. The van der Waals surface area contributed by atoms with E-state index in [0.717, 1.165) is 37.3 Å². The lowest BCUT2D eigenvalue weighted by Crippen LogP contribution is -2.41. The van der Waals surface area contributed by atoms with Gasteiger partial charge in [0.05, 0.1) is 17.1 Å². The predicted octanol–water partition coefficient (Wildman–Crippen LogP) is 1.97. The van der Waals surface area contributed by atoms with E-state index in [2.05, 4.69) is 20.2 Å². The highest BCUT2D eigenvalue weighted by Crippen LogP contribution is 2.23. The molecule has 1 amide bonds. The van der Waals surface area contributed by atoms with Crippen LogP contribution in [0, 0.1) is 5.92 Å². The van der Waals surface area contributed by atoms with Gasteiger partial charge in [0, 0.05) is 37.7 Å². The zero-order chi connectivity index (χ0) is 19.4. The summed E-state index contributed by atoms with van der Waals surface area (Å²) in [6.07, 6.45) is 7.77. The molecule has 0 saturated carbocycles. The molecule has 8 heteroatoms. The summed E-state index contributed by atoms with van der Waals surface area (Å²) in [5, 5.41) is 3.04. The first kappa shape index (κ1) is 19.3. The number of sulfone groups is 1. The van der Waals surface area contributed by atoms with Crippen LogP contribution in [0.4, 0.5) is 5.82 Å². The second-order valence-electron chi connectivity index (χ2n) is 6.90. The maximum Gasteiger partial charge on any atom is 0.223 e. The first-order valence-electron chi connectivity index (χ1n) is 8.96. The van der Waals surface area contributed by atoms with Gasteiger partial charge in [-0.1, -0.05) is 12.1 Å². The van der Waals surface area contributed by atoms with E-state index in [1.165, 1.54) is 6.26 Å². The standard InChI is InChI=1S/C19H24N4O3S/c1-14(15-3-5-17(6-4-15)27(2,25)26)22-19(24)16-7-11-23(12-8-16)18-13-20-9-10-21-18/h3-6,9-10,13-14,16H,7-8,11-12H2,1-2H3,(H,22,24). The number of piperidine rings is 1. The fraction of sp³-hybridized carbons (Fsp3) is 0.421. The molecule has 0 bridgehead atoms. The number of aromatic nitrogens is 2. The Bertz CT molecular complexity index is 877. The smallest absolute Gasteiger partial charge is 0.223 e. The van der Waals surface area contributed by atoms with E-state index >= 15 is 0 Å². The Morgan fingerprint density at radius 1 is 1.19 bits per heavy atom. The second kappa shape index (κ2) is 8.04. The van der Waals surface area contributed by atoms with E-state index in [1.54, 1.807) is 42.9 Å². The van der Waals surface area contributed by atoms with E-state index in [1.807, 2.05) is 6.92 Å². The molecule has 2 aromatic rings. The minimum Gasteiger partial charge on any atom is -0.355 e. The second-order valence-corrected chi connectivity index (χ2v) is 8.91. The van der Waals surface area contributed by atoms with Gasteiger partial charge < -0.3 is 10.2 Å². The number of hydrogen-bond donors (Lipinski definition) is 1.